The molecule has 1 aliphatic rings. The largest absolute Gasteiger partial charge is 0.419 e. The Labute approximate surface area is 114 Å². The number of alkyl halides is 3. The quantitative estimate of drug-likeness (QED) is 0.846. The number of hydrogen-bond acceptors (Lipinski definition) is 1. The first kappa shape index (κ1) is 14.8. The van der Waals surface area contributed by atoms with Gasteiger partial charge in [-0.1, -0.05) is 19.9 Å². The molecule has 2 rings (SSSR count). The highest BCUT2D eigenvalue weighted by Crippen LogP contribution is 2.51. The fourth-order valence-corrected chi connectivity index (χ4v) is 2.16. The van der Waals surface area contributed by atoms with Crippen LogP contribution in [0.15, 0.2) is 18.2 Å². The van der Waals surface area contributed by atoms with Crippen LogP contribution in [0.1, 0.15) is 36.2 Å². The summed E-state index contributed by atoms with van der Waals surface area (Å²) in [5, 5.41) is 2.49. The molecular weight excluding hydrogens is 274 g/mol. The summed E-state index contributed by atoms with van der Waals surface area (Å²) in [6.07, 6.45) is -3.86. The third kappa shape index (κ3) is 2.94. The Kier molecular flexibility index (Phi) is 3.52. The first-order valence-corrected chi connectivity index (χ1v) is 6.27. The molecule has 1 aromatic rings. The van der Waals surface area contributed by atoms with Crippen LogP contribution in [0.3, 0.4) is 0 Å². The number of nitrogens with one attached hydrogen (secondary N) is 1. The summed E-state index contributed by atoms with van der Waals surface area (Å²) in [6, 6.07) is 2.70. The lowest BCUT2D eigenvalue weighted by molar-refractivity contribution is -0.140. The molecule has 1 fully saturated rings. The minimum atomic E-state index is -4.81. The lowest BCUT2D eigenvalue weighted by Crippen LogP contribution is -2.28. The van der Waals surface area contributed by atoms with Crippen molar-refractivity contribution in [1.29, 1.82) is 0 Å². The van der Waals surface area contributed by atoms with Gasteiger partial charge in [0, 0.05) is 6.54 Å². The normalized spacial score (nSPS) is 20.6. The number of benzene rings is 1. The average Bonchev–Trinajstić information content (AvgIpc) is 2.93. The Balaban J connectivity index is 2.11. The second-order valence-corrected chi connectivity index (χ2v) is 5.76. The smallest absolute Gasteiger partial charge is 0.352 e. The van der Waals surface area contributed by atoms with Crippen LogP contribution in [-0.4, -0.2) is 12.5 Å². The topological polar surface area (TPSA) is 29.1 Å². The predicted octanol–water partition coefficient (Wildman–Crippen LogP) is 3.62. The van der Waals surface area contributed by atoms with E-state index in [2.05, 4.69) is 5.32 Å². The Morgan fingerprint density at radius 1 is 1.40 bits per heavy atom. The summed E-state index contributed by atoms with van der Waals surface area (Å²) in [5.41, 5.74) is -1.85. The van der Waals surface area contributed by atoms with Crippen molar-refractivity contribution in [3.05, 3.63) is 35.1 Å². The number of amides is 1. The fraction of sp³-hybridized carbons (Fsp3) is 0.500. The van der Waals surface area contributed by atoms with Gasteiger partial charge in [-0.05, 0) is 29.9 Å². The summed E-state index contributed by atoms with van der Waals surface area (Å²) in [6.45, 7) is 4.42. The van der Waals surface area contributed by atoms with Crippen molar-refractivity contribution in [2.75, 3.05) is 6.54 Å². The van der Waals surface area contributed by atoms with Gasteiger partial charge in [-0.15, -0.1) is 0 Å². The molecule has 0 aliphatic heterocycles. The second-order valence-electron chi connectivity index (χ2n) is 5.76. The van der Waals surface area contributed by atoms with Crippen LogP contribution < -0.4 is 5.32 Å². The van der Waals surface area contributed by atoms with Gasteiger partial charge in [0.1, 0.15) is 5.82 Å². The maximum atomic E-state index is 13.7. The molecule has 1 atom stereocenters. The maximum Gasteiger partial charge on any atom is 0.419 e. The van der Waals surface area contributed by atoms with Crippen molar-refractivity contribution in [2.24, 2.45) is 11.3 Å². The molecule has 0 bridgehead atoms. The second kappa shape index (κ2) is 4.75. The molecule has 20 heavy (non-hydrogen) atoms. The first-order chi connectivity index (χ1) is 9.13. The summed E-state index contributed by atoms with van der Waals surface area (Å²) in [7, 11) is 0. The monoisotopic (exact) mass is 289 g/mol. The Bertz CT molecular complexity index is 536. The van der Waals surface area contributed by atoms with Crippen molar-refractivity contribution in [3.8, 4) is 0 Å². The average molecular weight is 289 g/mol. The van der Waals surface area contributed by atoms with E-state index in [1.807, 2.05) is 13.8 Å². The van der Waals surface area contributed by atoms with Gasteiger partial charge in [0.05, 0.1) is 11.1 Å². The molecule has 1 amide bonds. The Morgan fingerprint density at radius 3 is 2.50 bits per heavy atom. The predicted molar refractivity (Wildman–Crippen MR) is 65.6 cm³/mol. The lowest BCUT2D eigenvalue weighted by atomic mass is 10.1. The molecule has 2 nitrogen and oxygen atoms in total. The molecule has 1 unspecified atom stereocenters. The van der Waals surface area contributed by atoms with E-state index in [9.17, 15) is 22.4 Å². The number of carbonyl (C=O) groups excluding carboxylic acids is 1. The molecule has 0 aromatic heterocycles. The van der Waals surface area contributed by atoms with Crippen molar-refractivity contribution in [1.82, 2.24) is 5.32 Å². The van der Waals surface area contributed by atoms with Crippen molar-refractivity contribution in [2.45, 2.75) is 26.4 Å². The van der Waals surface area contributed by atoms with E-state index in [0.29, 0.717) is 18.5 Å². The minimum absolute atomic E-state index is 0.139. The maximum absolute atomic E-state index is 13.7. The van der Waals surface area contributed by atoms with Gasteiger partial charge in [-0.3, -0.25) is 4.79 Å². The Morgan fingerprint density at radius 2 is 2.00 bits per heavy atom. The summed E-state index contributed by atoms with van der Waals surface area (Å²) in [4.78, 5) is 11.8. The molecule has 6 heteroatoms. The molecule has 1 aliphatic carbocycles. The van der Waals surface area contributed by atoms with Crippen LogP contribution in [-0.2, 0) is 6.18 Å². The molecule has 1 saturated carbocycles. The lowest BCUT2D eigenvalue weighted by Gasteiger charge is -2.11. The molecule has 1 N–H and O–H groups in total. The summed E-state index contributed by atoms with van der Waals surface area (Å²) < 4.78 is 51.4. The number of halogens is 4. The minimum Gasteiger partial charge on any atom is -0.352 e. The van der Waals surface area contributed by atoms with Crippen LogP contribution in [0.4, 0.5) is 17.6 Å². The van der Waals surface area contributed by atoms with Crippen LogP contribution in [0.2, 0.25) is 0 Å². The third-order valence-corrected chi connectivity index (χ3v) is 3.78. The van der Waals surface area contributed by atoms with Gasteiger partial charge in [0.2, 0.25) is 0 Å². The molecule has 0 heterocycles. The van der Waals surface area contributed by atoms with E-state index in [4.69, 9.17) is 0 Å². The van der Waals surface area contributed by atoms with Gasteiger partial charge < -0.3 is 5.32 Å². The van der Waals surface area contributed by atoms with Crippen LogP contribution in [0, 0.1) is 17.2 Å². The van der Waals surface area contributed by atoms with E-state index >= 15 is 0 Å². The van der Waals surface area contributed by atoms with Crippen LogP contribution in [0.5, 0.6) is 0 Å². The van der Waals surface area contributed by atoms with Crippen molar-refractivity contribution >= 4 is 5.91 Å². The van der Waals surface area contributed by atoms with Crippen molar-refractivity contribution < 1.29 is 22.4 Å². The zero-order valence-corrected chi connectivity index (χ0v) is 11.1. The molecule has 0 spiro atoms. The van der Waals surface area contributed by atoms with E-state index < -0.39 is 29.0 Å². The highest BCUT2D eigenvalue weighted by atomic mass is 19.4. The number of carbonyl (C=O) groups is 1. The zero-order valence-electron chi connectivity index (χ0n) is 11.1. The molecular formula is C14H15F4NO. The highest BCUT2D eigenvalue weighted by molar-refractivity contribution is 5.94. The Hall–Kier alpha value is -1.59. The van der Waals surface area contributed by atoms with E-state index in [1.165, 1.54) is 0 Å². The highest BCUT2D eigenvalue weighted by Gasteiger charge is 2.45. The van der Waals surface area contributed by atoms with E-state index in [1.54, 1.807) is 0 Å². The van der Waals surface area contributed by atoms with Gasteiger partial charge in [0.25, 0.3) is 5.91 Å². The zero-order chi connectivity index (χ0) is 15.1. The summed E-state index contributed by atoms with van der Waals surface area (Å²) in [5.74, 6) is -2.04. The fourth-order valence-electron chi connectivity index (χ4n) is 2.16. The van der Waals surface area contributed by atoms with Gasteiger partial charge in [0.15, 0.2) is 0 Å². The van der Waals surface area contributed by atoms with Gasteiger partial charge in [-0.25, -0.2) is 4.39 Å². The van der Waals surface area contributed by atoms with Crippen LogP contribution >= 0.6 is 0 Å². The first-order valence-electron chi connectivity index (χ1n) is 6.27. The van der Waals surface area contributed by atoms with Crippen LogP contribution in [0.25, 0.3) is 0 Å². The SMILES string of the molecule is CC1(C)CC1CNC(=O)c1cccc(C(F)(F)F)c1F. The number of hydrogen-bond donors (Lipinski definition) is 1. The molecule has 0 radical (unpaired) electrons. The molecule has 1 aromatic carbocycles. The third-order valence-electron chi connectivity index (χ3n) is 3.78. The summed E-state index contributed by atoms with van der Waals surface area (Å²) >= 11 is 0. The van der Waals surface area contributed by atoms with E-state index in [0.717, 1.165) is 18.6 Å². The molecule has 0 saturated heterocycles. The number of rotatable bonds is 3. The van der Waals surface area contributed by atoms with Gasteiger partial charge in [-0.2, -0.15) is 13.2 Å². The van der Waals surface area contributed by atoms with E-state index in [-0.39, 0.29) is 5.41 Å². The van der Waals surface area contributed by atoms with Crippen molar-refractivity contribution in [3.63, 3.8) is 0 Å². The standard InChI is InChI=1S/C14H15F4NO/c1-13(2)6-8(13)7-19-12(20)9-4-3-5-10(11(9)15)14(16,17)18/h3-5,8H,6-7H2,1-2H3,(H,19,20). The molecule has 110 valence electrons. The van der Waals surface area contributed by atoms with Gasteiger partial charge >= 0.3 is 6.18 Å².